The predicted molar refractivity (Wildman–Crippen MR) is 107 cm³/mol. The average Bonchev–Trinajstić information content (AvgIpc) is 3.10. The van der Waals surface area contributed by atoms with Crippen LogP contribution >= 0.6 is 11.3 Å². The van der Waals surface area contributed by atoms with Gasteiger partial charge >= 0.3 is 5.97 Å². The molecule has 6 nitrogen and oxygen atoms in total. The van der Waals surface area contributed by atoms with Gasteiger partial charge in [0, 0.05) is 43.4 Å². The molecule has 0 unspecified atom stereocenters. The van der Waals surface area contributed by atoms with E-state index < -0.39 is 0 Å². The summed E-state index contributed by atoms with van der Waals surface area (Å²) in [6, 6.07) is 0. The highest BCUT2D eigenvalue weighted by Crippen LogP contribution is 2.24. The zero-order valence-electron chi connectivity index (χ0n) is 16.7. The van der Waals surface area contributed by atoms with Crippen LogP contribution in [0.25, 0.3) is 0 Å². The number of thiazole rings is 1. The van der Waals surface area contributed by atoms with Gasteiger partial charge in [-0.05, 0) is 19.8 Å². The maximum Gasteiger partial charge on any atom is 0.308 e. The summed E-state index contributed by atoms with van der Waals surface area (Å²) in [5, 5.41) is 6.66. The molecule has 1 aliphatic heterocycles. The third-order valence-corrected chi connectivity index (χ3v) is 5.48. The first kappa shape index (κ1) is 20.7. The number of hydrogen-bond donors (Lipinski definition) is 1. The van der Waals surface area contributed by atoms with Gasteiger partial charge in [0.2, 0.25) is 0 Å². The van der Waals surface area contributed by atoms with Crippen molar-refractivity contribution >= 4 is 23.3 Å². The number of rotatable bonds is 5. The molecule has 1 aliphatic rings. The quantitative estimate of drug-likeness (QED) is 0.483. The Morgan fingerprint density at radius 2 is 2.12 bits per heavy atom. The molecule has 0 amide bonds. The van der Waals surface area contributed by atoms with Gasteiger partial charge in [-0.2, -0.15) is 0 Å². The molecule has 0 spiro atoms. The molecule has 1 aromatic heterocycles. The van der Waals surface area contributed by atoms with Crippen molar-refractivity contribution in [2.24, 2.45) is 10.9 Å². The Balaban J connectivity index is 1.91. The minimum atomic E-state index is -0.0926. The standard InChI is InChI=1S/C19H32N4O2S/c1-6-20-18(23-11-8-14(9-12-23)17(24)25-5)21-10-7-16-22-15(13-26-16)19(2,3)4/h13-14H,6-12H2,1-5H3,(H,20,21). The molecule has 0 atom stereocenters. The highest BCUT2D eigenvalue weighted by atomic mass is 32.1. The van der Waals surface area contributed by atoms with Gasteiger partial charge < -0.3 is 15.0 Å². The second-order valence-electron chi connectivity index (χ2n) is 7.65. The smallest absolute Gasteiger partial charge is 0.308 e. The molecule has 1 aromatic rings. The molecular formula is C19H32N4O2S. The Morgan fingerprint density at radius 3 is 2.65 bits per heavy atom. The van der Waals surface area contributed by atoms with E-state index in [1.165, 1.54) is 7.11 Å². The number of nitrogens with one attached hydrogen (secondary N) is 1. The molecule has 7 heteroatoms. The zero-order valence-corrected chi connectivity index (χ0v) is 17.5. The number of guanidine groups is 1. The van der Waals surface area contributed by atoms with Gasteiger partial charge in [-0.3, -0.25) is 9.79 Å². The molecule has 26 heavy (non-hydrogen) atoms. The summed E-state index contributed by atoms with van der Waals surface area (Å²) in [6.45, 7) is 11.8. The van der Waals surface area contributed by atoms with Crippen LogP contribution in [-0.2, 0) is 21.4 Å². The lowest BCUT2D eigenvalue weighted by Gasteiger charge is -2.33. The van der Waals surface area contributed by atoms with Crippen molar-refractivity contribution in [2.45, 2.75) is 52.4 Å². The highest BCUT2D eigenvalue weighted by molar-refractivity contribution is 7.09. The van der Waals surface area contributed by atoms with Gasteiger partial charge in [0.05, 0.1) is 23.7 Å². The molecule has 0 aromatic carbocycles. The minimum Gasteiger partial charge on any atom is -0.469 e. The van der Waals surface area contributed by atoms with E-state index in [0.717, 1.165) is 62.1 Å². The van der Waals surface area contributed by atoms with Crippen molar-refractivity contribution in [1.82, 2.24) is 15.2 Å². The van der Waals surface area contributed by atoms with Gasteiger partial charge in [-0.1, -0.05) is 20.8 Å². The van der Waals surface area contributed by atoms with E-state index in [1.54, 1.807) is 11.3 Å². The number of likely N-dealkylation sites (tertiary alicyclic amines) is 1. The number of carbonyl (C=O) groups is 1. The summed E-state index contributed by atoms with van der Waals surface area (Å²) >= 11 is 1.72. The highest BCUT2D eigenvalue weighted by Gasteiger charge is 2.27. The van der Waals surface area contributed by atoms with Crippen molar-refractivity contribution in [1.29, 1.82) is 0 Å². The van der Waals surface area contributed by atoms with Crippen LogP contribution < -0.4 is 5.32 Å². The number of methoxy groups -OCH3 is 1. The number of nitrogens with zero attached hydrogens (tertiary/aromatic N) is 3. The number of aromatic nitrogens is 1. The molecule has 1 saturated heterocycles. The molecule has 0 radical (unpaired) electrons. The molecule has 0 saturated carbocycles. The first-order valence-electron chi connectivity index (χ1n) is 9.41. The number of ether oxygens (including phenoxy) is 1. The van der Waals surface area contributed by atoms with Crippen LogP contribution in [0.5, 0.6) is 0 Å². The van der Waals surface area contributed by atoms with Crippen LogP contribution in [0, 0.1) is 5.92 Å². The van der Waals surface area contributed by atoms with Crippen LogP contribution in [0.4, 0.5) is 0 Å². The monoisotopic (exact) mass is 380 g/mol. The fourth-order valence-electron chi connectivity index (χ4n) is 2.95. The van der Waals surface area contributed by atoms with E-state index in [-0.39, 0.29) is 17.3 Å². The topological polar surface area (TPSA) is 66.8 Å². The Morgan fingerprint density at radius 1 is 1.42 bits per heavy atom. The summed E-state index contributed by atoms with van der Waals surface area (Å²) in [4.78, 5) is 23.4. The molecular weight excluding hydrogens is 348 g/mol. The Hall–Kier alpha value is -1.63. The molecule has 1 fully saturated rings. The van der Waals surface area contributed by atoms with Crippen molar-refractivity contribution < 1.29 is 9.53 Å². The summed E-state index contributed by atoms with van der Waals surface area (Å²) in [5.74, 6) is 0.860. The van der Waals surface area contributed by atoms with Gasteiger partial charge in [0.25, 0.3) is 0 Å². The second kappa shape index (κ2) is 9.35. The first-order valence-corrected chi connectivity index (χ1v) is 10.3. The normalized spacial score (nSPS) is 16.7. The van der Waals surface area contributed by atoms with Crippen LogP contribution in [0.1, 0.15) is 51.2 Å². The lowest BCUT2D eigenvalue weighted by atomic mass is 9.93. The van der Waals surface area contributed by atoms with Crippen LogP contribution in [0.3, 0.4) is 0 Å². The van der Waals surface area contributed by atoms with E-state index in [9.17, 15) is 4.79 Å². The largest absolute Gasteiger partial charge is 0.469 e. The van der Waals surface area contributed by atoms with E-state index in [0.29, 0.717) is 0 Å². The maximum absolute atomic E-state index is 11.7. The molecule has 2 rings (SSSR count). The van der Waals surface area contributed by atoms with Crippen LogP contribution in [0.2, 0.25) is 0 Å². The summed E-state index contributed by atoms with van der Waals surface area (Å²) in [7, 11) is 1.46. The average molecular weight is 381 g/mol. The Labute approximate surface area is 161 Å². The first-order chi connectivity index (χ1) is 12.3. The van der Waals surface area contributed by atoms with Crippen molar-refractivity contribution in [3.8, 4) is 0 Å². The molecule has 0 aliphatic carbocycles. The molecule has 1 N–H and O–H groups in total. The van der Waals surface area contributed by atoms with Gasteiger partial charge in [-0.15, -0.1) is 11.3 Å². The lowest BCUT2D eigenvalue weighted by molar-refractivity contribution is -0.146. The fraction of sp³-hybridized carbons (Fsp3) is 0.737. The summed E-state index contributed by atoms with van der Waals surface area (Å²) in [5.41, 5.74) is 1.25. The van der Waals surface area contributed by atoms with Crippen LogP contribution in [-0.4, -0.2) is 55.1 Å². The van der Waals surface area contributed by atoms with E-state index in [4.69, 9.17) is 14.7 Å². The Bertz CT molecular complexity index is 613. The number of esters is 1. The van der Waals surface area contributed by atoms with E-state index >= 15 is 0 Å². The van der Waals surface area contributed by atoms with Gasteiger partial charge in [-0.25, -0.2) is 4.98 Å². The third kappa shape index (κ3) is 5.69. The molecule has 0 bridgehead atoms. The van der Waals surface area contributed by atoms with Crippen molar-refractivity contribution in [3.63, 3.8) is 0 Å². The number of aliphatic imine (C=N–C) groups is 1. The summed E-state index contributed by atoms with van der Waals surface area (Å²) < 4.78 is 4.86. The van der Waals surface area contributed by atoms with Crippen molar-refractivity contribution in [2.75, 3.05) is 33.3 Å². The van der Waals surface area contributed by atoms with Crippen LogP contribution in [0.15, 0.2) is 10.4 Å². The Kier molecular flexibility index (Phi) is 7.43. The zero-order chi connectivity index (χ0) is 19.2. The lowest BCUT2D eigenvalue weighted by Crippen LogP contribution is -2.46. The third-order valence-electron chi connectivity index (χ3n) is 4.57. The van der Waals surface area contributed by atoms with E-state index in [2.05, 4.69) is 43.3 Å². The maximum atomic E-state index is 11.7. The SMILES string of the molecule is CCNC(=NCCc1nc(C(C)(C)C)cs1)N1CCC(C(=O)OC)CC1. The fourth-order valence-corrected chi connectivity index (χ4v) is 3.96. The number of hydrogen-bond acceptors (Lipinski definition) is 5. The number of piperidine rings is 1. The predicted octanol–water partition coefficient (Wildman–Crippen LogP) is 2.83. The molecule has 2 heterocycles. The number of carbonyl (C=O) groups excluding carboxylic acids is 1. The van der Waals surface area contributed by atoms with Gasteiger partial charge in [0.1, 0.15) is 0 Å². The second-order valence-corrected chi connectivity index (χ2v) is 8.59. The minimum absolute atomic E-state index is 0.0188. The van der Waals surface area contributed by atoms with Gasteiger partial charge in [0.15, 0.2) is 5.96 Å². The molecule has 146 valence electrons. The van der Waals surface area contributed by atoms with E-state index in [1.807, 2.05) is 0 Å². The van der Waals surface area contributed by atoms with Crippen molar-refractivity contribution in [3.05, 3.63) is 16.1 Å². The summed E-state index contributed by atoms with van der Waals surface area (Å²) in [6.07, 6.45) is 2.49.